The molecule has 1 aromatic rings. The lowest BCUT2D eigenvalue weighted by atomic mass is 9.88. The second kappa shape index (κ2) is 4.53. The third kappa shape index (κ3) is 3.93. The Bertz CT molecular complexity index is 432. The fourth-order valence-corrected chi connectivity index (χ4v) is 2.79. The summed E-state index contributed by atoms with van der Waals surface area (Å²) in [5.74, 6) is 0. The summed E-state index contributed by atoms with van der Waals surface area (Å²) in [6.07, 6.45) is 0.274. The number of rotatable bonds is 3. The third-order valence-corrected chi connectivity index (χ3v) is 3.43. The van der Waals surface area contributed by atoms with Crippen molar-refractivity contribution in [3.63, 3.8) is 0 Å². The van der Waals surface area contributed by atoms with Crippen LogP contribution in [-0.2, 0) is 10.2 Å². The first-order valence-corrected chi connectivity index (χ1v) is 6.63. The maximum Gasteiger partial charge on any atom is 0.309 e. The number of halogens is 1. The summed E-state index contributed by atoms with van der Waals surface area (Å²) < 4.78 is 35.5. The van der Waals surface area contributed by atoms with Gasteiger partial charge in [0.25, 0.3) is 0 Å². The molecule has 0 aliphatic carbocycles. The predicted octanol–water partition coefficient (Wildman–Crippen LogP) is 3.46. The molecule has 0 fully saturated rings. The Morgan fingerprint density at radius 2 is 1.69 bits per heavy atom. The molecule has 0 radical (unpaired) electrons. The van der Waals surface area contributed by atoms with Gasteiger partial charge in [-0.3, -0.25) is 0 Å². The van der Waals surface area contributed by atoms with Gasteiger partial charge in [-0.05, 0) is 17.4 Å². The molecule has 1 rings (SSSR count). The van der Waals surface area contributed by atoms with Gasteiger partial charge in [0.2, 0.25) is 0 Å². The quantitative estimate of drug-likeness (QED) is 0.763. The number of hydrogen-bond donors (Lipinski definition) is 0. The molecular weight excluding hydrogens is 227 g/mol. The van der Waals surface area contributed by atoms with Crippen molar-refractivity contribution in [3.05, 3.63) is 35.9 Å². The van der Waals surface area contributed by atoms with E-state index in [9.17, 15) is 12.3 Å². The zero-order valence-corrected chi connectivity index (χ0v) is 10.6. The molecule has 0 bridgehead atoms. The summed E-state index contributed by atoms with van der Waals surface area (Å²) in [5, 5.41) is -1.06. The van der Waals surface area contributed by atoms with Crippen LogP contribution >= 0.6 is 0 Å². The van der Waals surface area contributed by atoms with Gasteiger partial charge in [0, 0.05) is 0 Å². The Labute approximate surface area is 96.7 Å². The van der Waals surface area contributed by atoms with E-state index in [1.165, 1.54) is 0 Å². The molecule has 0 saturated carbocycles. The monoisotopic (exact) mass is 244 g/mol. The van der Waals surface area contributed by atoms with E-state index in [2.05, 4.69) is 0 Å². The van der Waals surface area contributed by atoms with Crippen molar-refractivity contribution in [1.29, 1.82) is 0 Å². The van der Waals surface area contributed by atoms with E-state index in [1.807, 2.05) is 20.8 Å². The van der Waals surface area contributed by atoms with Gasteiger partial charge >= 0.3 is 10.2 Å². The van der Waals surface area contributed by atoms with E-state index in [0.29, 0.717) is 5.56 Å². The second-order valence-corrected chi connectivity index (χ2v) is 6.66. The Morgan fingerprint density at radius 1 is 1.19 bits per heavy atom. The average molecular weight is 244 g/mol. The van der Waals surface area contributed by atoms with E-state index < -0.39 is 15.5 Å². The van der Waals surface area contributed by atoms with Gasteiger partial charge in [-0.2, -0.15) is 8.42 Å². The van der Waals surface area contributed by atoms with E-state index >= 15 is 0 Å². The molecule has 1 aromatic carbocycles. The Balaban J connectivity index is 3.09. The Hall–Kier alpha value is -0.900. The van der Waals surface area contributed by atoms with Crippen molar-refractivity contribution in [2.24, 2.45) is 5.41 Å². The SMILES string of the molecule is CC(C)(C)CC(c1ccccc1)S(=O)(=O)F. The van der Waals surface area contributed by atoms with Gasteiger partial charge in [-0.1, -0.05) is 51.1 Å². The van der Waals surface area contributed by atoms with Crippen molar-refractivity contribution in [2.75, 3.05) is 0 Å². The highest BCUT2D eigenvalue weighted by atomic mass is 32.3. The lowest BCUT2D eigenvalue weighted by molar-refractivity contribution is 0.363. The highest BCUT2D eigenvalue weighted by Gasteiger charge is 2.31. The van der Waals surface area contributed by atoms with Crippen molar-refractivity contribution in [2.45, 2.75) is 32.4 Å². The summed E-state index contributed by atoms with van der Waals surface area (Å²) in [4.78, 5) is 0. The largest absolute Gasteiger partial charge is 0.309 e. The molecule has 0 saturated heterocycles. The molecule has 0 spiro atoms. The first-order valence-electron chi connectivity index (χ1n) is 5.18. The summed E-state index contributed by atoms with van der Waals surface area (Å²) in [5.41, 5.74) is 0.277. The highest BCUT2D eigenvalue weighted by Crippen LogP contribution is 2.35. The van der Waals surface area contributed by atoms with E-state index in [-0.39, 0.29) is 11.8 Å². The Morgan fingerprint density at radius 3 is 2.06 bits per heavy atom. The second-order valence-electron chi connectivity index (χ2n) is 5.14. The molecule has 0 N–H and O–H groups in total. The van der Waals surface area contributed by atoms with Gasteiger partial charge in [-0.15, -0.1) is 3.89 Å². The van der Waals surface area contributed by atoms with Crippen molar-refractivity contribution in [3.8, 4) is 0 Å². The smallest absolute Gasteiger partial charge is 0.194 e. The molecule has 0 heterocycles. The van der Waals surface area contributed by atoms with Crippen LogP contribution in [0.2, 0.25) is 0 Å². The van der Waals surface area contributed by atoms with Gasteiger partial charge in [0.05, 0.1) is 0 Å². The first-order chi connectivity index (χ1) is 7.20. The van der Waals surface area contributed by atoms with Crippen molar-refractivity contribution < 1.29 is 12.3 Å². The summed E-state index contributed by atoms with van der Waals surface area (Å²) >= 11 is 0. The minimum absolute atomic E-state index is 0.236. The lowest BCUT2D eigenvalue weighted by Gasteiger charge is -2.23. The van der Waals surface area contributed by atoms with Crippen LogP contribution in [0, 0.1) is 5.41 Å². The highest BCUT2D eigenvalue weighted by molar-refractivity contribution is 7.86. The average Bonchev–Trinajstić information content (AvgIpc) is 2.13. The molecule has 2 nitrogen and oxygen atoms in total. The molecule has 4 heteroatoms. The molecule has 16 heavy (non-hydrogen) atoms. The molecule has 0 aromatic heterocycles. The summed E-state index contributed by atoms with van der Waals surface area (Å²) in [6.45, 7) is 5.69. The van der Waals surface area contributed by atoms with Crippen LogP contribution in [0.3, 0.4) is 0 Å². The van der Waals surface area contributed by atoms with Gasteiger partial charge in [0.15, 0.2) is 0 Å². The lowest BCUT2D eigenvalue weighted by Crippen LogP contribution is -2.17. The van der Waals surface area contributed by atoms with Crippen LogP contribution in [0.5, 0.6) is 0 Å². The van der Waals surface area contributed by atoms with Crippen molar-refractivity contribution >= 4 is 10.2 Å². The molecule has 0 amide bonds. The van der Waals surface area contributed by atoms with Gasteiger partial charge < -0.3 is 0 Å². The maximum atomic E-state index is 13.2. The predicted molar refractivity (Wildman–Crippen MR) is 63.3 cm³/mol. The van der Waals surface area contributed by atoms with Crippen LogP contribution in [0.4, 0.5) is 3.89 Å². The normalized spacial score (nSPS) is 14.8. The first kappa shape index (κ1) is 13.2. The van der Waals surface area contributed by atoms with Crippen LogP contribution < -0.4 is 0 Å². The van der Waals surface area contributed by atoms with Crippen LogP contribution in [0.1, 0.15) is 38.0 Å². The van der Waals surface area contributed by atoms with Crippen LogP contribution in [-0.4, -0.2) is 8.42 Å². The van der Waals surface area contributed by atoms with Crippen LogP contribution in [0.15, 0.2) is 30.3 Å². The standard InChI is InChI=1S/C12H17FO2S/c1-12(2,3)9-11(16(13,14)15)10-7-5-4-6-8-10/h4-8,11H,9H2,1-3H3. The third-order valence-electron chi connectivity index (χ3n) is 2.31. The molecule has 0 aliphatic heterocycles. The molecule has 1 unspecified atom stereocenters. The zero-order chi connectivity index (χ0) is 12.4. The van der Waals surface area contributed by atoms with E-state index in [0.717, 1.165) is 0 Å². The van der Waals surface area contributed by atoms with E-state index in [1.54, 1.807) is 30.3 Å². The zero-order valence-electron chi connectivity index (χ0n) is 9.77. The fourth-order valence-electron chi connectivity index (χ4n) is 1.60. The summed E-state index contributed by atoms with van der Waals surface area (Å²) in [6, 6.07) is 8.51. The molecule has 90 valence electrons. The minimum atomic E-state index is -4.55. The maximum absolute atomic E-state index is 13.2. The van der Waals surface area contributed by atoms with Gasteiger partial charge in [0.1, 0.15) is 5.25 Å². The van der Waals surface area contributed by atoms with Gasteiger partial charge in [-0.25, -0.2) is 0 Å². The molecule has 1 atom stereocenters. The minimum Gasteiger partial charge on any atom is -0.194 e. The topological polar surface area (TPSA) is 34.1 Å². The Kier molecular flexibility index (Phi) is 3.73. The van der Waals surface area contributed by atoms with Crippen LogP contribution in [0.25, 0.3) is 0 Å². The van der Waals surface area contributed by atoms with Crippen molar-refractivity contribution in [1.82, 2.24) is 0 Å². The number of benzene rings is 1. The number of hydrogen-bond acceptors (Lipinski definition) is 2. The van der Waals surface area contributed by atoms with E-state index in [4.69, 9.17) is 0 Å². The molecular formula is C12H17FO2S. The molecule has 0 aliphatic rings. The summed E-state index contributed by atoms with van der Waals surface area (Å²) in [7, 11) is -4.55. The fraction of sp³-hybridized carbons (Fsp3) is 0.500.